The minimum Gasteiger partial charge on any atom is -0.362 e. The van der Waals surface area contributed by atoms with Crippen LogP contribution in [0.1, 0.15) is 17.5 Å². The molecular weight excluding hydrogens is 348 g/mol. The Labute approximate surface area is 148 Å². The number of nitrogens with one attached hydrogen (secondary N) is 1. The van der Waals surface area contributed by atoms with Gasteiger partial charge in [0.05, 0.1) is 17.8 Å². The Morgan fingerprint density at radius 3 is 2.80 bits per heavy atom. The molecule has 128 valence electrons. The van der Waals surface area contributed by atoms with Crippen molar-refractivity contribution in [3.63, 3.8) is 0 Å². The number of hydrogen-bond donors (Lipinski definition) is 1. The summed E-state index contributed by atoms with van der Waals surface area (Å²) in [6.07, 6.45) is 1.38. The van der Waals surface area contributed by atoms with Crippen molar-refractivity contribution in [2.45, 2.75) is 12.8 Å². The first-order valence-corrected chi connectivity index (χ1v) is 8.08. The molecule has 0 unspecified atom stereocenters. The molecule has 0 aromatic heterocycles. The van der Waals surface area contributed by atoms with E-state index in [0.29, 0.717) is 40.5 Å². The summed E-state index contributed by atoms with van der Waals surface area (Å²) in [5.41, 5.74) is 1.82. The maximum atomic E-state index is 13.6. The van der Waals surface area contributed by atoms with Gasteiger partial charge in [0, 0.05) is 23.3 Å². The fourth-order valence-corrected chi connectivity index (χ4v) is 3.07. The molecule has 1 heterocycles. The third-order valence-corrected chi connectivity index (χ3v) is 4.28. The molecule has 0 atom stereocenters. The van der Waals surface area contributed by atoms with Crippen LogP contribution in [0.25, 0.3) is 0 Å². The molecule has 0 spiro atoms. The van der Waals surface area contributed by atoms with Gasteiger partial charge in [0.2, 0.25) is 5.91 Å². The number of nitrogens with zero attached hydrogens (tertiary/aromatic N) is 2. The fourth-order valence-electron chi connectivity index (χ4n) is 2.90. The van der Waals surface area contributed by atoms with Gasteiger partial charge in [-0.2, -0.15) is 5.26 Å². The summed E-state index contributed by atoms with van der Waals surface area (Å²) in [6, 6.07) is 8.87. The maximum Gasteiger partial charge on any atom is 0.243 e. The van der Waals surface area contributed by atoms with Crippen LogP contribution in [0.3, 0.4) is 0 Å². The van der Waals surface area contributed by atoms with Crippen molar-refractivity contribution in [3.05, 3.63) is 58.1 Å². The molecule has 0 saturated carbocycles. The van der Waals surface area contributed by atoms with Crippen LogP contribution in [0.5, 0.6) is 0 Å². The summed E-state index contributed by atoms with van der Waals surface area (Å²) in [6.45, 7) is 0.529. The number of halogens is 3. The highest BCUT2D eigenvalue weighted by molar-refractivity contribution is 6.31. The van der Waals surface area contributed by atoms with E-state index in [0.717, 1.165) is 12.5 Å². The van der Waals surface area contributed by atoms with Gasteiger partial charge in [-0.05, 0) is 42.7 Å². The number of carbonyl (C=O) groups excluding carboxylic acids is 1. The predicted octanol–water partition coefficient (Wildman–Crippen LogP) is 3.88. The molecule has 3 rings (SSSR count). The summed E-state index contributed by atoms with van der Waals surface area (Å²) >= 11 is 5.90. The van der Waals surface area contributed by atoms with Gasteiger partial charge in [-0.1, -0.05) is 11.6 Å². The molecule has 1 N–H and O–H groups in total. The number of fused-ring (bicyclic) bond motifs is 1. The third-order valence-electron chi connectivity index (χ3n) is 4.05. The standard InChI is InChI=1S/C18H14ClF2N3O/c19-13-4-3-12(9-22)16(7-13)23-18(25)10-24-5-1-2-11-6-14(20)15(21)8-17(11)24/h3-4,6-8H,1-2,5,10H2,(H,23,25). The highest BCUT2D eigenvalue weighted by atomic mass is 35.5. The maximum absolute atomic E-state index is 13.6. The topological polar surface area (TPSA) is 56.1 Å². The minimum atomic E-state index is -0.937. The molecule has 2 aromatic carbocycles. The van der Waals surface area contributed by atoms with E-state index in [9.17, 15) is 13.6 Å². The smallest absolute Gasteiger partial charge is 0.243 e. The van der Waals surface area contributed by atoms with E-state index >= 15 is 0 Å². The van der Waals surface area contributed by atoms with Crippen LogP contribution in [0.2, 0.25) is 5.02 Å². The fraction of sp³-hybridized carbons (Fsp3) is 0.222. The Morgan fingerprint density at radius 2 is 2.04 bits per heavy atom. The monoisotopic (exact) mass is 361 g/mol. The summed E-state index contributed by atoms with van der Waals surface area (Å²) in [4.78, 5) is 14.1. The van der Waals surface area contributed by atoms with Gasteiger partial charge in [-0.25, -0.2) is 8.78 Å². The highest BCUT2D eigenvalue weighted by Gasteiger charge is 2.22. The Kier molecular flexibility index (Phi) is 4.86. The van der Waals surface area contributed by atoms with E-state index < -0.39 is 11.6 Å². The second-order valence-corrected chi connectivity index (χ2v) is 6.21. The molecule has 1 aliphatic rings. The first-order valence-electron chi connectivity index (χ1n) is 7.70. The number of amides is 1. The second-order valence-electron chi connectivity index (χ2n) is 5.77. The van der Waals surface area contributed by atoms with Crippen molar-refractivity contribution in [3.8, 4) is 6.07 Å². The van der Waals surface area contributed by atoms with Crippen molar-refractivity contribution in [2.24, 2.45) is 0 Å². The van der Waals surface area contributed by atoms with Crippen LogP contribution in [0.15, 0.2) is 30.3 Å². The third kappa shape index (κ3) is 3.72. The quantitative estimate of drug-likeness (QED) is 0.902. The van der Waals surface area contributed by atoms with Crippen LogP contribution >= 0.6 is 11.6 Å². The number of anilines is 2. The van der Waals surface area contributed by atoms with Crippen LogP contribution in [0, 0.1) is 23.0 Å². The molecule has 0 saturated heterocycles. The lowest BCUT2D eigenvalue weighted by molar-refractivity contribution is -0.115. The van der Waals surface area contributed by atoms with Crippen molar-refractivity contribution in [1.29, 1.82) is 5.26 Å². The predicted molar refractivity (Wildman–Crippen MR) is 91.7 cm³/mol. The Balaban J connectivity index is 1.78. The van der Waals surface area contributed by atoms with Gasteiger partial charge in [0.15, 0.2) is 11.6 Å². The van der Waals surface area contributed by atoms with Crippen molar-refractivity contribution in [1.82, 2.24) is 0 Å². The SMILES string of the molecule is N#Cc1ccc(Cl)cc1NC(=O)CN1CCCc2cc(F)c(F)cc21. The van der Waals surface area contributed by atoms with Crippen molar-refractivity contribution in [2.75, 3.05) is 23.3 Å². The Morgan fingerprint density at radius 1 is 1.28 bits per heavy atom. The first-order chi connectivity index (χ1) is 12.0. The van der Waals surface area contributed by atoms with E-state index in [1.807, 2.05) is 6.07 Å². The molecule has 0 bridgehead atoms. The van der Waals surface area contributed by atoms with Crippen molar-refractivity contribution >= 4 is 28.9 Å². The number of hydrogen-bond acceptors (Lipinski definition) is 3. The zero-order chi connectivity index (χ0) is 18.0. The van der Waals surface area contributed by atoms with Crippen LogP contribution < -0.4 is 10.2 Å². The zero-order valence-electron chi connectivity index (χ0n) is 13.2. The summed E-state index contributed by atoms with van der Waals surface area (Å²) in [5.74, 6) is -2.19. The molecule has 0 aliphatic carbocycles. The largest absolute Gasteiger partial charge is 0.362 e. The average Bonchev–Trinajstić information content (AvgIpc) is 2.57. The molecule has 25 heavy (non-hydrogen) atoms. The Bertz CT molecular complexity index is 879. The van der Waals surface area contributed by atoms with Gasteiger partial charge in [-0.3, -0.25) is 4.79 Å². The van der Waals surface area contributed by atoms with E-state index in [1.165, 1.54) is 18.2 Å². The zero-order valence-corrected chi connectivity index (χ0v) is 13.9. The average molecular weight is 362 g/mol. The number of aryl methyl sites for hydroxylation is 1. The van der Waals surface area contributed by atoms with Gasteiger partial charge in [-0.15, -0.1) is 0 Å². The number of nitriles is 1. The molecule has 2 aromatic rings. The van der Waals surface area contributed by atoms with E-state index in [-0.39, 0.29) is 12.5 Å². The lowest BCUT2D eigenvalue weighted by Gasteiger charge is -2.30. The molecule has 1 amide bonds. The van der Waals surface area contributed by atoms with E-state index in [1.54, 1.807) is 11.0 Å². The van der Waals surface area contributed by atoms with Gasteiger partial charge >= 0.3 is 0 Å². The molecule has 1 aliphatic heterocycles. The number of benzene rings is 2. The second kappa shape index (κ2) is 7.08. The molecular formula is C18H14ClF2N3O. The van der Waals surface area contributed by atoms with Gasteiger partial charge in [0.25, 0.3) is 0 Å². The molecule has 0 radical (unpaired) electrons. The van der Waals surface area contributed by atoms with E-state index in [2.05, 4.69) is 5.32 Å². The van der Waals surface area contributed by atoms with Crippen LogP contribution in [-0.2, 0) is 11.2 Å². The normalized spacial score (nSPS) is 13.1. The molecule has 7 heteroatoms. The first kappa shape index (κ1) is 17.2. The van der Waals surface area contributed by atoms with Gasteiger partial charge in [0.1, 0.15) is 6.07 Å². The molecule has 4 nitrogen and oxygen atoms in total. The number of carbonyl (C=O) groups is 1. The highest BCUT2D eigenvalue weighted by Crippen LogP contribution is 2.29. The van der Waals surface area contributed by atoms with Crippen LogP contribution in [-0.4, -0.2) is 19.0 Å². The summed E-state index contributed by atoms with van der Waals surface area (Å²) < 4.78 is 26.9. The molecule has 0 fully saturated rings. The summed E-state index contributed by atoms with van der Waals surface area (Å²) in [7, 11) is 0. The van der Waals surface area contributed by atoms with E-state index in [4.69, 9.17) is 16.9 Å². The van der Waals surface area contributed by atoms with Crippen molar-refractivity contribution < 1.29 is 13.6 Å². The lowest BCUT2D eigenvalue weighted by atomic mass is 10.0. The van der Waals surface area contributed by atoms with Crippen LogP contribution in [0.4, 0.5) is 20.2 Å². The number of rotatable bonds is 3. The Hall–Kier alpha value is -2.65. The minimum absolute atomic E-state index is 0.0323. The lowest BCUT2D eigenvalue weighted by Crippen LogP contribution is -2.37. The summed E-state index contributed by atoms with van der Waals surface area (Å²) in [5, 5.41) is 12.1. The van der Waals surface area contributed by atoms with Gasteiger partial charge < -0.3 is 10.2 Å².